The van der Waals surface area contributed by atoms with E-state index < -0.39 is 0 Å². The summed E-state index contributed by atoms with van der Waals surface area (Å²) in [5.41, 5.74) is 0.469. The fraction of sp³-hybridized carbons (Fsp3) is 0. The number of anilines is 2. The van der Waals surface area contributed by atoms with Gasteiger partial charge in [-0.15, -0.1) is 5.10 Å². The average molecular weight is 255 g/mol. The van der Waals surface area contributed by atoms with Crippen molar-refractivity contribution in [1.82, 2.24) is 20.2 Å². The van der Waals surface area contributed by atoms with Crippen LogP contribution in [0.2, 0.25) is 0 Å². The van der Waals surface area contributed by atoms with E-state index in [1.165, 1.54) is 0 Å². The summed E-state index contributed by atoms with van der Waals surface area (Å²) in [4.78, 5) is 7.95. The Kier molecular flexibility index (Phi) is 2.77. The number of phenolic OH excluding ortho intramolecular Hbond substituents is 1. The summed E-state index contributed by atoms with van der Waals surface area (Å²) in [7, 11) is 0. The van der Waals surface area contributed by atoms with Crippen molar-refractivity contribution in [3.05, 3.63) is 42.7 Å². The molecule has 0 saturated carbocycles. The van der Waals surface area contributed by atoms with Crippen molar-refractivity contribution in [1.29, 1.82) is 0 Å². The number of nitrogens with zero attached hydrogens (tertiary/aromatic N) is 4. The number of benzene rings is 1. The summed E-state index contributed by atoms with van der Waals surface area (Å²) < 4.78 is 5.38. The van der Waals surface area contributed by atoms with Crippen LogP contribution in [-0.2, 0) is 0 Å². The summed E-state index contributed by atoms with van der Waals surface area (Å²) in [6.45, 7) is 0. The first-order valence-electron chi connectivity index (χ1n) is 5.49. The van der Waals surface area contributed by atoms with E-state index in [0.29, 0.717) is 11.5 Å². The Morgan fingerprint density at radius 1 is 1.00 bits per heavy atom. The zero-order valence-electron chi connectivity index (χ0n) is 9.69. The molecule has 0 spiro atoms. The molecule has 2 aromatic heterocycles. The molecule has 0 saturated heterocycles. The third-order valence-electron chi connectivity index (χ3n) is 2.34. The highest BCUT2D eigenvalue weighted by Gasteiger charge is 2.12. The Morgan fingerprint density at radius 2 is 1.79 bits per heavy atom. The first kappa shape index (κ1) is 11.1. The van der Waals surface area contributed by atoms with Crippen LogP contribution in [0.5, 0.6) is 5.75 Å². The van der Waals surface area contributed by atoms with Gasteiger partial charge < -0.3 is 9.52 Å². The van der Waals surface area contributed by atoms with Crippen molar-refractivity contribution in [2.45, 2.75) is 0 Å². The number of hydrogen-bond donors (Lipinski definition) is 2. The van der Waals surface area contributed by atoms with E-state index in [2.05, 4.69) is 25.5 Å². The van der Waals surface area contributed by atoms with Crippen molar-refractivity contribution in [2.24, 2.45) is 0 Å². The normalized spacial score (nSPS) is 10.3. The molecule has 19 heavy (non-hydrogen) atoms. The molecule has 3 aromatic rings. The predicted octanol–water partition coefficient (Wildman–Crippen LogP) is 1.98. The molecule has 0 atom stereocenters. The fourth-order valence-electron chi connectivity index (χ4n) is 1.50. The lowest BCUT2D eigenvalue weighted by atomic mass is 10.2. The Hall–Kier alpha value is -2.96. The maximum absolute atomic E-state index is 9.69. The third kappa shape index (κ3) is 2.34. The minimum Gasteiger partial charge on any atom is -0.507 e. The van der Waals surface area contributed by atoms with Crippen LogP contribution in [-0.4, -0.2) is 25.3 Å². The molecule has 2 heterocycles. The molecule has 7 nitrogen and oxygen atoms in total. The number of nitrogens with one attached hydrogen (secondary N) is 1. The molecule has 7 heteroatoms. The topological polar surface area (TPSA) is 97.0 Å². The maximum Gasteiger partial charge on any atom is 0.322 e. The lowest BCUT2D eigenvalue weighted by Crippen LogP contribution is -1.95. The first-order chi connectivity index (χ1) is 9.33. The van der Waals surface area contributed by atoms with E-state index in [0.717, 1.165) is 0 Å². The van der Waals surface area contributed by atoms with Crippen LogP contribution in [0.3, 0.4) is 0 Å². The summed E-state index contributed by atoms with van der Waals surface area (Å²) in [6, 6.07) is 8.58. The predicted molar refractivity (Wildman–Crippen MR) is 66.7 cm³/mol. The third-order valence-corrected chi connectivity index (χ3v) is 2.34. The van der Waals surface area contributed by atoms with E-state index in [9.17, 15) is 5.11 Å². The molecule has 0 aliphatic carbocycles. The fourth-order valence-corrected chi connectivity index (χ4v) is 1.50. The van der Waals surface area contributed by atoms with Gasteiger partial charge in [-0.1, -0.05) is 17.2 Å². The van der Waals surface area contributed by atoms with Crippen LogP contribution in [0.25, 0.3) is 11.5 Å². The van der Waals surface area contributed by atoms with Crippen LogP contribution in [0.4, 0.5) is 12.0 Å². The monoisotopic (exact) mass is 255 g/mol. The molecule has 3 rings (SSSR count). The maximum atomic E-state index is 9.69. The molecule has 0 bridgehead atoms. The Bertz CT molecular complexity index is 683. The van der Waals surface area contributed by atoms with Gasteiger partial charge in [0.1, 0.15) is 5.75 Å². The molecule has 2 N–H and O–H groups in total. The van der Waals surface area contributed by atoms with Gasteiger partial charge in [0.05, 0.1) is 5.56 Å². The highest BCUT2D eigenvalue weighted by molar-refractivity contribution is 5.62. The minimum absolute atomic E-state index is 0.0775. The highest BCUT2D eigenvalue weighted by atomic mass is 16.4. The van der Waals surface area contributed by atoms with Crippen LogP contribution < -0.4 is 5.32 Å². The molecule has 0 fully saturated rings. The lowest BCUT2D eigenvalue weighted by Gasteiger charge is -1.98. The van der Waals surface area contributed by atoms with Crippen LogP contribution in [0.1, 0.15) is 0 Å². The summed E-state index contributed by atoms with van der Waals surface area (Å²) >= 11 is 0. The largest absolute Gasteiger partial charge is 0.507 e. The van der Waals surface area contributed by atoms with Gasteiger partial charge in [0.15, 0.2) is 0 Å². The summed E-state index contributed by atoms with van der Waals surface area (Å²) in [6.07, 6.45) is 3.19. The van der Waals surface area contributed by atoms with E-state index >= 15 is 0 Å². The zero-order valence-corrected chi connectivity index (χ0v) is 9.69. The van der Waals surface area contributed by atoms with E-state index in [-0.39, 0.29) is 17.7 Å². The second-order valence-electron chi connectivity index (χ2n) is 3.63. The summed E-state index contributed by atoms with van der Waals surface area (Å²) in [5, 5.41) is 20.1. The van der Waals surface area contributed by atoms with Gasteiger partial charge >= 0.3 is 6.01 Å². The number of phenols is 1. The van der Waals surface area contributed by atoms with Crippen molar-refractivity contribution in [3.63, 3.8) is 0 Å². The molecule has 94 valence electrons. The highest BCUT2D eigenvalue weighted by Crippen LogP contribution is 2.28. The molecule has 0 amide bonds. The minimum atomic E-state index is 0.0775. The first-order valence-corrected chi connectivity index (χ1v) is 5.49. The molecule has 0 unspecified atom stereocenters. The van der Waals surface area contributed by atoms with Gasteiger partial charge in [-0.25, -0.2) is 9.97 Å². The number of aromatic hydroxyl groups is 1. The van der Waals surface area contributed by atoms with Gasteiger partial charge in [0, 0.05) is 12.4 Å². The van der Waals surface area contributed by atoms with Gasteiger partial charge in [-0.05, 0) is 18.2 Å². The molecule has 0 radical (unpaired) electrons. The average Bonchev–Trinajstić information content (AvgIpc) is 2.89. The van der Waals surface area contributed by atoms with Crippen molar-refractivity contribution in [2.75, 3.05) is 5.32 Å². The number of rotatable bonds is 3. The number of aromatic nitrogens is 4. The lowest BCUT2D eigenvalue weighted by molar-refractivity contribution is 0.473. The second kappa shape index (κ2) is 4.73. The van der Waals surface area contributed by atoms with Crippen LogP contribution in [0, 0.1) is 0 Å². The van der Waals surface area contributed by atoms with E-state index in [1.54, 1.807) is 42.7 Å². The standard InChI is InChI=1S/C12H9N5O2/c18-9-5-2-1-4-8(9)10-16-17-12(19-10)15-11-13-6-3-7-14-11/h1-7,18H,(H,13,14,15,17). The quantitative estimate of drug-likeness (QED) is 0.738. The number of hydrogen-bond acceptors (Lipinski definition) is 7. The zero-order chi connectivity index (χ0) is 13.1. The van der Waals surface area contributed by atoms with E-state index in [4.69, 9.17) is 4.42 Å². The SMILES string of the molecule is Oc1ccccc1-c1nnc(Nc2ncccn2)o1. The van der Waals surface area contributed by atoms with Gasteiger partial charge in [-0.3, -0.25) is 5.32 Å². The molecule has 0 aliphatic heterocycles. The number of para-hydroxylation sites is 1. The molecule has 0 aliphatic rings. The Labute approximate surface area is 108 Å². The van der Waals surface area contributed by atoms with Gasteiger partial charge in [0.25, 0.3) is 5.89 Å². The Balaban J connectivity index is 1.86. The van der Waals surface area contributed by atoms with Gasteiger partial charge in [0.2, 0.25) is 5.95 Å². The Morgan fingerprint density at radius 3 is 2.58 bits per heavy atom. The second-order valence-corrected chi connectivity index (χ2v) is 3.63. The molecule has 1 aromatic carbocycles. The van der Waals surface area contributed by atoms with Crippen LogP contribution >= 0.6 is 0 Å². The molecular weight excluding hydrogens is 246 g/mol. The molecular formula is C12H9N5O2. The van der Waals surface area contributed by atoms with Crippen molar-refractivity contribution in [3.8, 4) is 17.2 Å². The van der Waals surface area contributed by atoms with Crippen LogP contribution in [0.15, 0.2) is 47.1 Å². The summed E-state index contributed by atoms with van der Waals surface area (Å²) in [5.74, 6) is 0.653. The smallest absolute Gasteiger partial charge is 0.322 e. The van der Waals surface area contributed by atoms with Crippen molar-refractivity contribution < 1.29 is 9.52 Å². The van der Waals surface area contributed by atoms with E-state index in [1.807, 2.05) is 0 Å². The van der Waals surface area contributed by atoms with Crippen molar-refractivity contribution >= 4 is 12.0 Å². The van der Waals surface area contributed by atoms with Gasteiger partial charge in [-0.2, -0.15) is 0 Å².